The Balaban J connectivity index is 1.65. The summed E-state index contributed by atoms with van der Waals surface area (Å²) in [6, 6.07) is 20.9. The van der Waals surface area contributed by atoms with Crippen LogP contribution in [0.2, 0.25) is 0 Å². The van der Waals surface area contributed by atoms with Crippen LogP contribution in [0, 0.1) is 0 Å². The summed E-state index contributed by atoms with van der Waals surface area (Å²) in [5.41, 5.74) is 2.06. The lowest BCUT2D eigenvalue weighted by molar-refractivity contribution is -0.120. The SMILES string of the molecule is CCc1cccc(NC(=O)Cn2c(=O)n(-c3ccc(CC(=O)NCCOC)cc3)c(=O)c3ccccc32)c1. The normalized spacial score (nSPS) is 10.9. The third-order valence-electron chi connectivity index (χ3n) is 6.16. The number of amides is 2. The number of hydrogen-bond donors (Lipinski definition) is 2. The number of carbonyl (C=O) groups excluding carboxylic acids is 2. The zero-order valence-electron chi connectivity index (χ0n) is 21.4. The van der Waals surface area contributed by atoms with Gasteiger partial charge in [-0.1, -0.05) is 43.3 Å². The largest absolute Gasteiger partial charge is 0.383 e. The van der Waals surface area contributed by atoms with Crippen molar-refractivity contribution in [2.45, 2.75) is 26.3 Å². The predicted octanol–water partition coefficient (Wildman–Crippen LogP) is 2.66. The highest BCUT2D eigenvalue weighted by atomic mass is 16.5. The molecule has 0 atom stereocenters. The summed E-state index contributed by atoms with van der Waals surface area (Å²) in [4.78, 5) is 51.9. The van der Waals surface area contributed by atoms with Gasteiger partial charge < -0.3 is 15.4 Å². The van der Waals surface area contributed by atoms with Gasteiger partial charge in [0.05, 0.1) is 29.6 Å². The zero-order chi connectivity index (χ0) is 27.1. The molecule has 4 aromatic rings. The summed E-state index contributed by atoms with van der Waals surface area (Å²) in [6.45, 7) is 2.60. The molecule has 196 valence electrons. The number of para-hydroxylation sites is 1. The number of aryl methyl sites for hydroxylation is 1. The summed E-state index contributed by atoms with van der Waals surface area (Å²) in [5.74, 6) is -0.541. The summed E-state index contributed by atoms with van der Waals surface area (Å²) < 4.78 is 7.28. The first-order chi connectivity index (χ1) is 18.4. The van der Waals surface area contributed by atoms with Crippen molar-refractivity contribution in [3.05, 3.63) is 105 Å². The Bertz CT molecular complexity index is 1570. The van der Waals surface area contributed by atoms with E-state index in [-0.39, 0.29) is 24.8 Å². The number of nitrogens with one attached hydrogen (secondary N) is 2. The van der Waals surface area contributed by atoms with E-state index in [9.17, 15) is 19.2 Å². The Morgan fingerprint density at radius 3 is 2.39 bits per heavy atom. The fraction of sp³-hybridized carbons (Fsp3) is 0.241. The van der Waals surface area contributed by atoms with E-state index in [1.807, 2.05) is 25.1 Å². The number of ether oxygens (including phenoxy) is 1. The van der Waals surface area contributed by atoms with Gasteiger partial charge in [-0.05, 0) is 53.9 Å². The number of nitrogens with zero attached hydrogens (tertiary/aromatic N) is 2. The van der Waals surface area contributed by atoms with Gasteiger partial charge in [0, 0.05) is 19.3 Å². The smallest absolute Gasteiger partial charge is 0.336 e. The average molecular weight is 515 g/mol. The van der Waals surface area contributed by atoms with Gasteiger partial charge in [0.2, 0.25) is 11.8 Å². The second kappa shape index (κ2) is 12.2. The van der Waals surface area contributed by atoms with E-state index in [1.165, 1.54) is 4.57 Å². The number of benzene rings is 3. The highest BCUT2D eigenvalue weighted by molar-refractivity contribution is 5.91. The molecule has 9 heteroatoms. The van der Waals surface area contributed by atoms with E-state index in [0.717, 1.165) is 22.1 Å². The van der Waals surface area contributed by atoms with Crippen molar-refractivity contribution in [3.63, 3.8) is 0 Å². The molecule has 0 radical (unpaired) electrons. The van der Waals surface area contributed by atoms with E-state index in [1.54, 1.807) is 61.7 Å². The molecule has 38 heavy (non-hydrogen) atoms. The minimum absolute atomic E-state index is 0.153. The Morgan fingerprint density at radius 2 is 1.66 bits per heavy atom. The van der Waals surface area contributed by atoms with Crippen LogP contribution in [0.25, 0.3) is 16.6 Å². The summed E-state index contributed by atoms with van der Waals surface area (Å²) in [6.07, 6.45) is 0.982. The van der Waals surface area contributed by atoms with Crippen molar-refractivity contribution < 1.29 is 14.3 Å². The fourth-order valence-electron chi connectivity index (χ4n) is 4.22. The van der Waals surface area contributed by atoms with Gasteiger partial charge in [0.1, 0.15) is 6.54 Å². The summed E-state index contributed by atoms with van der Waals surface area (Å²) >= 11 is 0. The van der Waals surface area contributed by atoms with Crippen molar-refractivity contribution in [2.24, 2.45) is 0 Å². The first-order valence-electron chi connectivity index (χ1n) is 12.4. The quantitative estimate of drug-likeness (QED) is 0.316. The van der Waals surface area contributed by atoms with E-state index < -0.39 is 11.2 Å². The van der Waals surface area contributed by atoms with Crippen molar-refractivity contribution in [1.82, 2.24) is 14.5 Å². The lowest BCUT2D eigenvalue weighted by atomic mass is 10.1. The minimum Gasteiger partial charge on any atom is -0.383 e. The number of anilines is 1. The number of methoxy groups -OCH3 is 1. The molecule has 0 fully saturated rings. The van der Waals surface area contributed by atoms with Crippen LogP contribution in [0.3, 0.4) is 0 Å². The van der Waals surface area contributed by atoms with Gasteiger partial charge >= 0.3 is 5.69 Å². The average Bonchev–Trinajstić information content (AvgIpc) is 2.92. The van der Waals surface area contributed by atoms with Crippen molar-refractivity contribution in [3.8, 4) is 5.69 Å². The van der Waals surface area contributed by atoms with E-state index in [0.29, 0.717) is 35.4 Å². The minimum atomic E-state index is -0.629. The van der Waals surface area contributed by atoms with Crippen LogP contribution in [0.15, 0.2) is 82.4 Å². The van der Waals surface area contributed by atoms with Crippen LogP contribution >= 0.6 is 0 Å². The number of hydrogen-bond acceptors (Lipinski definition) is 5. The van der Waals surface area contributed by atoms with Crippen LogP contribution < -0.4 is 21.9 Å². The molecule has 0 saturated heterocycles. The third kappa shape index (κ3) is 6.07. The third-order valence-corrected chi connectivity index (χ3v) is 6.16. The van der Waals surface area contributed by atoms with Gasteiger partial charge in [-0.15, -0.1) is 0 Å². The Kier molecular flexibility index (Phi) is 8.50. The number of rotatable bonds is 10. The summed E-state index contributed by atoms with van der Waals surface area (Å²) in [7, 11) is 1.56. The maximum atomic E-state index is 13.6. The molecular formula is C29H30N4O5. The molecule has 0 bridgehead atoms. The van der Waals surface area contributed by atoms with Gasteiger partial charge in [-0.2, -0.15) is 0 Å². The summed E-state index contributed by atoms with van der Waals surface area (Å²) in [5, 5.41) is 5.91. The Morgan fingerprint density at radius 1 is 0.895 bits per heavy atom. The molecule has 1 heterocycles. The van der Waals surface area contributed by atoms with Crippen molar-refractivity contribution >= 4 is 28.4 Å². The van der Waals surface area contributed by atoms with Gasteiger partial charge in [-0.25, -0.2) is 9.36 Å². The van der Waals surface area contributed by atoms with E-state index >= 15 is 0 Å². The van der Waals surface area contributed by atoms with Crippen LogP contribution in [-0.4, -0.2) is 41.2 Å². The van der Waals surface area contributed by atoms with Crippen LogP contribution in [0.5, 0.6) is 0 Å². The highest BCUT2D eigenvalue weighted by Crippen LogP contribution is 2.14. The monoisotopic (exact) mass is 514 g/mol. The lowest BCUT2D eigenvalue weighted by Gasteiger charge is -2.15. The topological polar surface area (TPSA) is 111 Å². The molecular weight excluding hydrogens is 484 g/mol. The maximum absolute atomic E-state index is 13.6. The molecule has 0 aliphatic heterocycles. The molecule has 3 aromatic carbocycles. The molecule has 0 aliphatic carbocycles. The molecule has 2 N–H and O–H groups in total. The van der Waals surface area contributed by atoms with E-state index in [4.69, 9.17) is 4.74 Å². The van der Waals surface area contributed by atoms with Crippen molar-refractivity contribution in [1.29, 1.82) is 0 Å². The second-order valence-electron chi connectivity index (χ2n) is 8.81. The van der Waals surface area contributed by atoms with Gasteiger partial charge in [-0.3, -0.25) is 19.0 Å². The van der Waals surface area contributed by atoms with Crippen LogP contribution in [0.4, 0.5) is 5.69 Å². The molecule has 2 amide bonds. The van der Waals surface area contributed by atoms with Crippen molar-refractivity contribution in [2.75, 3.05) is 25.6 Å². The maximum Gasteiger partial charge on any atom is 0.336 e. The Hall–Kier alpha value is -4.50. The molecule has 1 aromatic heterocycles. The van der Waals surface area contributed by atoms with Gasteiger partial charge in [0.15, 0.2) is 0 Å². The van der Waals surface area contributed by atoms with Crippen LogP contribution in [0.1, 0.15) is 18.1 Å². The first-order valence-corrected chi connectivity index (χ1v) is 12.4. The lowest BCUT2D eigenvalue weighted by Crippen LogP contribution is -2.40. The van der Waals surface area contributed by atoms with E-state index in [2.05, 4.69) is 10.6 Å². The van der Waals surface area contributed by atoms with Gasteiger partial charge in [0.25, 0.3) is 5.56 Å². The molecule has 4 rings (SSSR count). The zero-order valence-corrected chi connectivity index (χ0v) is 21.4. The second-order valence-corrected chi connectivity index (χ2v) is 8.81. The molecule has 0 spiro atoms. The molecule has 0 saturated carbocycles. The standard InChI is InChI=1S/C29H30N4O5/c1-3-20-7-6-8-22(17-20)31-27(35)19-32-25-10-5-4-9-24(25)28(36)33(29(32)37)23-13-11-21(12-14-23)18-26(34)30-15-16-38-2/h4-14,17H,3,15-16,18-19H2,1-2H3,(H,30,34)(H,31,35). The molecule has 0 unspecified atom stereocenters. The number of carbonyl (C=O) groups is 2. The fourth-order valence-corrected chi connectivity index (χ4v) is 4.22. The number of fused-ring (bicyclic) bond motifs is 1. The number of aromatic nitrogens is 2. The molecule has 0 aliphatic rings. The Labute approximate surface area is 219 Å². The molecule has 9 nitrogen and oxygen atoms in total. The highest BCUT2D eigenvalue weighted by Gasteiger charge is 2.17. The van der Waals surface area contributed by atoms with Crippen LogP contribution in [-0.2, 0) is 33.7 Å². The predicted molar refractivity (Wildman–Crippen MR) is 147 cm³/mol. The first kappa shape index (κ1) is 26.6.